The van der Waals surface area contributed by atoms with Crippen molar-refractivity contribution in [1.82, 2.24) is 10.2 Å². The normalized spacial score (nSPS) is 13.7. The largest absolute Gasteiger partial charge is 0.354 e. The van der Waals surface area contributed by atoms with Crippen molar-refractivity contribution < 1.29 is 14.4 Å². The molecule has 0 aliphatic carbocycles. The van der Waals surface area contributed by atoms with Crippen LogP contribution in [0.5, 0.6) is 0 Å². The number of amides is 3. The van der Waals surface area contributed by atoms with Gasteiger partial charge in [0.15, 0.2) is 0 Å². The zero-order valence-corrected chi connectivity index (χ0v) is 16.4. The lowest BCUT2D eigenvalue weighted by Gasteiger charge is -2.26. The van der Waals surface area contributed by atoms with Crippen molar-refractivity contribution in [2.24, 2.45) is 0 Å². The van der Waals surface area contributed by atoms with Gasteiger partial charge in [0, 0.05) is 12.0 Å². The Morgan fingerprint density at radius 3 is 2.04 bits per heavy atom. The highest BCUT2D eigenvalue weighted by molar-refractivity contribution is 6.43. The Morgan fingerprint density at radius 1 is 1.00 bits per heavy atom. The predicted molar refractivity (Wildman–Crippen MR) is 104 cm³/mol. The third-order valence-electron chi connectivity index (χ3n) is 4.60. The van der Waals surface area contributed by atoms with E-state index in [4.69, 9.17) is 23.2 Å². The van der Waals surface area contributed by atoms with Crippen LogP contribution in [0.3, 0.4) is 0 Å². The Bertz CT molecular complexity index is 885. The number of carbonyl (C=O) groups is 3. The van der Waals surface area contributed by atoms with E-state index in [2.05, 4.69) is 5.32 Å². The SMILES string of the molecule is CC(C)(CNC(=O)CN1C(=O)c2cc(Cl)c(Cl)cc2C1=O)c1ccccc1. The Morgan fingerprint density at radius 2 is 1.52 bits per heavy atom. The highest BCUT2D eigenvalue weighted by atomic mass is 35.5. The molecule has 2 aromatic carbocycles. The molecule has 1 aliphatic rings. The molecule has 0 radical (unpaired) electrons. The van der Waals surface area contributed by atoms with Gasteiger partial charge in [0.25, 0.3) is 11.8 Å². The van der Waals surface area contributed by atoms with Gasteiger partial charge in [-0.25, -0.2) is 0 Å². The van der Waals surface area contributed by atoms with Crippen LogP contribution in [0, 0.1) is 0 Å². The van der Waals surface area contributed by atoms with Crippen molar-refractivity contribution in [2.45, 2.75) is 19.3 Å². The van der Waals surface area contributed by atoms with Crippen molar-refractivity contribution >= 4 is 40.9 Å². The Labute approximate surface area is 167 Å². The van der Waals surface area contributed by atoms with Crippen LogP contribution in [0.1, 0.15) is 40.1 Å². The van der Waals surface area contributed by atoms with Crippen molar-refractivity contribution in [3.05, 3.63) is 69.2 Å². The number of halogens is 2. The summed E-state index contributed by atoms with van der Waals surface area (Å²) in [5, 5.41) is 3.18. The summed E-state index contributed by atoms with van der Waals surface area (Å²) in [4.78, 5) is 38.2. The standard InChI is InChI=1S/C20H18Cl2N2O3/c1-20(2,12-6-4-3-5-7-12)11-23-17(25)10-24-18(26)13-8-15(21)16(22)9-14(13)19(24)27/h3-9H,10-11H2,1-2H3,(H,23,25). The molecule has 7 heteroatoms. The number of rotatable bonds is 5. The number of nitrogens with one attached hydrogen (secondary N) is 1. The van der Waals surface area contributed by atoms with E-state index in [1.54, 1.807) is 0 Å². The molecule has 0 saturated carbocycles. The zero-order valence-electron chi connectivity index (χ0n) is 14.9. The number of nitrogens with zero attached hydrogens (tertiary/aromatic N) is 1. The Balaban J connectivity index is 1.67. The minimum atomic E-state index is -0.550. The monoisotopic (exact) mass is 404 g/mol. The summed E-state index contributed by atoms with van der Waals surface area (Å²) in [7, 11) is 0. The second kappa shape index (κ2) is 7.33. The fourth-order valence-electron chi connectivity index (χ4n) is 2.94. The molecule has 5 nitrogen and oxygen atoms in total. The molecule has 27 heavy (non-hydrogen) atoms. The quantitative estimate of drug-likeness (QED) is 0.772. The number of hydrogen-bond donors (Lipinski definition) is 1. The molecule has 1 heterocycles. The topological polar surface area (TPSA) is 66.5 Å². The van der Waals surface area contributed by atoms with Crippen molar-refractivity contribution in [3.8, 4) is 0 Å². The molecule has 3 amide bonds. The first-order valence-electron chi connectivity index (χ1n) is 8.38. The van der Waals surface area contributed by atoms with E-state index in [1.165, 1.54) is 12.1 Å². The van der Waals surface area contributed by atoms with Crippen LogP contribution in [0.25, 0.3) is 0 Å². The molecule has 0 aromatic heterocycles. The number of hydrogen-bond acceptors (Lipinski definition) is 3. The lowest BCUT2D eigenvalue weighted by atomic mass is 9.84. The van der Waals surface area contributed by atoms with Gasteiger partial charge < -0.3 is 5.32 Å². The fourth-order valence-corrected chi connectivity index (χ4v) is 3.27. The van der Waals surface area contributed by atoms with Crippen LogP contribution in [0.2, 0.25) is 10.0 Å². The lowest BCUT2D eigenvalue weighted by Crippen LogP contribution is -2.44. The molecule has 1 N–H and O–H groups in total. The van der Waals surface area contributed by atoms with E-state index in [-0.39, 0.29) is 33.1 Å². The van der Waals surface area contributed by atoms with Gasteiger partial charge in [-0.05, 0) is 17.7 Å². The smallest absolute Gasteiger partial charge is 0.262 e. The molecule has 0 saturated heterocycles. The van der Waals surface area contributed by atoms with E-state index in [0.29, 0.717) is 6.54 Å². The number of fused-ring (bicyclic) bond motifs is 1. The van der Waals surface area contributed by atoms with Gasteiger partial charge in [0.1, 0.15) is 6.54 Å². The Kier molecular flexibility index (Phi) is 5.27. The summed E-state index contributed by atoms with van der Waals surface area (Å²) < 4.78 is 0. The van der Waals surface area contributed by atoms with Crippen molar-refractivity contribution in [3.63, 3.8) is 0 Å². The highest BCUT2D eigenvalue weighted by Gasteiger charge is 2.37. The van der Waals surface area contributed by atoms with Gasteiger partial charge in [0.2, 0.25) is 5.91 Å². The van der Waals surface area contributed by atoms with Crippen molar-refractivity contribution in [1.29, 1.82) is 0 Å². The summed E-state index contributed by atoms with van der Waals surface area (Å²) in [6.45, 7) is 4.03. The summed E-state index contributed by atoms with van der Waals surface area (Å²) in [5.74, 6) is -1.51. The van der Waals surface area contributed by atoms with Gasteiger partial charge in [0.05, 0.1) is 21.2 Å². The Hall–Kier alpha value is -2.37. The summed E-state index contributed by atoms with van der Waals surface area (Å²) in [6.07, 6.45) is 0. The van der Waals surface area contributed by atoms with Crippen LogP contribution in [-0.4, -0.2) is 35.7 Å². The molecular formula is C20H18Cl2N2O3. The molecule has 0 atom stereocenters. The van der Waals surface area contributed by atoms with Gasteiger partial charge in [-0.3, -0.25) is 19.3 Å². The third-order valence-corrected chi connectivity index (χ3v) is 5.32. The maximum atomic E-state index is 12.5. The maximum Gasteiger partial charge on any atom is 0.262 e. The van der Waals surface area contributed by atoms with Crippen LogP contribution in [0.4, 0.5) is 0 Å². The van der Waals surface area contributed by atoms with Gasteiger partial charge in [-0.2, -0.15) is 0 Å². The maximum absolute atomic E-state index is 12.5. The summed E-state index contributed by atoms with van der Waals surface area (Å²) in [5.41, 5.74) is 1.11. The minimum absolute atomic E-state index is 0.159. The van der Waals surface area contributed by atoms with Crippen LogP contribution >= 0.6 is 23.2 Å². The van der Waals surface area contributed by atoms with Crippen molar-refractivity contribution in [2.75, 3.05) is 13.1 Å². The predicted octanol–water partition coefficient (Wildman–Crippen LogP) is 3.68. The first-order chi connectivity index (χ1) is 12.7. The van der Waals surface area contributed by atoms with Crippen LogP contribution in [-0.2, 0) is 10.2 Å². The molecule has 0 spiro atoms. The average Bonchev–Trinajstić information content (AvgIpc) is 2.86. The molecule has 0 unspecified atom stereocenters. The number of imide groups is 1. The van der Waals surface area contributed by atoms with E-state index in [9.17, 15) is 14.4 Å². The van der Waals surface area contributed by atoms with Gasteiger partial charge >= 0.3 is 0 Å². The van der Waals surface area contributed by atoms with Gasteiger partial charge in [-0.15, -0.1) is 0 Å². The second-order valence-corrected chi connectivity index (χ2v) is 7.85. The van der Waals surface area contributed by atoms with E-state index >= 15 is 0 Å². The average molecular weight is 405 g/mol. The van der Waals surface area contributed by atoms with Crippen LogP contribution in [0.15, 0.2) is 42.5 Å². The highest BCUT2D eigenvalue weighted by Crippen LogP contribution is 2.31. The molecule has 0 bridgehead atoms. The molecular weight excluding hydrogens is 387 g/mol. The molecule has 1 aliphatic heterocycles. The molecule has 3 rings (SSSR count). The second-order valence-electron chi connectivity index (χ2n) is 7.03. The lowest BCUT2D eigenvalue weighted by molar-refractivity contribution is -0.121. The number of benzene rings is 2. The van der Waals surface area contributed by atoms with E-state index in [1.807, 2.05) is 44.2 Å². The molecule has 140 valence electrons. The molecule has 2 aromatic rings. The fraction of sp³-hybridized carbons (Fsp3) is 0.250. The minimum Gasteiger partial charge on any atom is -0.354 e. The summed E-state index contributed by atoms with van der Waals surface area (Å²) in [6, 6.07) is 12.5. The summed E-state index contributed by atoms with van der Waals surface area (Å²) >= 11 is 11.8. The first-order valence-corrected chi connectivity index (χ1v) is 9.14. The zero-order chi connectivity index (χ0) is 19.8. The van der Waals surface area contributed by atoms with E-state index in [0.717, 1.165) is 10.5 Å². The van der Waals surface area contributed by atoms with E-state index < -0.39 is 17.7 Å². The molecule has 0 fully saturated rings. The van der Waals surface area contributed by atoms with Gasteiger partial charge in [-0.1, -0.05) is 67.4 Å². The first kappa shape index (κ1) is 19.4. The third kappa shape index (κ3) is 3.84. The van der Waals surface area contributed by atoms with Crippen LogP contribution < -0.4 is 5.32 Å². The number of carbonyl (C=O) groups excluding carboxylic acids is 3.